The van der Waals surface area contributed by atoms with Crippen molar-refractivity contribution in [2.75, 3.05) is 0 Å². The summed E-state index contributed by atoms with van der Waals surface area (Å²) in [5, 5.41) is 9.10. The van der Waals surface area contributed by atoms with Crippen LogP contribution in [0.3, 0.4) is 0 Å². The first-order valence-corrected chi connectivity index (χ1v) is 8.06. The molecule has 2 nitrogen and oxygen atoms in total. The molecule has 102 valence electrons. The van der Waals surface area contributed by atoms with E-state index in [0.717, 1.165) is 15.8 Å². The predicted octanol–water partition coefficient (Wildman–Crippen LogP) is 4.79. The molecular formula is C16H13BrO2S. The molecule has 0 unspecified atom stereocenters. The van der Waals surface area contributed by atoms with Crippen LogP contribution in [0, 0.1) is 0 Å². The van der Waals surface area contributed by atoms with Crippen molar-refractivity contribution >= 4 is 33.7 Å². The van der Waals surface area contributed by atoms with Crippen molar-refractivity contribution in [1.29, 1.82) is 0 Å². The third-order valence-corrected chi connectivity index (χ3v) is 4.84. The van der Waals surface area contributed by atoms with Gasteiger partial charge < -0.3 is 5.11 Å². The molecular weight excluding hydrogens is 336 g/mol. The monoisotopic (exact) mass is 348 g/mol. The second kappa shape index (κ2) is 5.62. The highest BCUT2D eigenvalue weighted by atomic mass is 79.9. The summed E-state index contributed by atoms with van der Waals surface area (Å²) in [4.78, 5) is 13.2. The predicted molar refractivity (Wildman–Crippen MR) is 83.7 cm³/mol. The Labute approximate surface area is 130 Å². The van der Waals surface area contributed by atoms with E-state index in [4.69, 9.17) is 5.11 Å². The number of aryl methyl sites for hydroxylation is 2. The van der Waals surface area contributed by atoms with E-state index >= 15 is 0 Å². The topological polar surface area (TPSA) is 37.3 Å². The van der Waals surface area contributed by atoms with Crippen molar-refractivity contribution in [2.45, 2.75) is 29.1 Å². The minimum absolute atomic E-state index is 0.308. The van der Waals surface area contributed by atoms with Gasteiger partial charge in [0.05, 0.1) is 5.56 Å². The number of benzene rings is 2. The first-order valence-electron chi connectivity index (χ1n) is 6.45. The van der Waals surface area contributed by atoms with E-state index in [1.165, 1.54) is 28.9 Å². The van der Waals surface area contributed by atoms with Crippen molar-refractivity contribution < 1.29 is 9.90 Å². The lowest BCUT2D eigenvalue weighted by Gasteiger charge is -2.06. The molecule has 0 radical (unpaired) electrons. The Morgan fingerprint density at radius 3 is 2.65 bits per heavy atom. The third kappa shape index (κ3) is 2.91. The summed E-state index contributed by atoms with van der Waals surface area (Å²) in [5.41, 5.74) is 3.20. The first-order chi connectivity index (χ1) is 9.61. The molecule has 4 heteroatoms. The van der Waals surface area contributed by atoms with Crippen LogP contribution in [0.15, 0.2) is 50.7 Å². The number of fused-ring (bicyclic) bond motifs is 1. The first kappa shape index (κ1) is 13.7. The average molecular weight is 349 g/mol. The van der Waals surface area contributed by atoms with Crippen molar-refractivity contribution in [3.8, 4) is 0 Å². The lowest BCUT2D eigenvalue weighted by Crippen LogP contribution is -1.96. The SMILES string of the molecule is O=C(O)c1cc(Br)cc(Sc2ccc3c(c2)CCC3)c1. The molecule has 1 aliphatic carbocycles. The van der Waals surface area contributed by atoms with Crippen LogP contribution in [0.2, 0.25) is 0 Å². The fourth-order valence-electron chi connectivity index (χ4n) is 2.49. The Hall–Kier alpha value is -1.26. The fraction of sp³-hybridized carbons (Fsp3) is 0.188. The highest BCUT2D eigenvalue weighted by molar-refractivity contribution is 9.10. The van der Waals surface area contributed by atoms with Crippen LogP contribution in [0.25, 0.3) is 0 Å². The molecule has 2 aromatic carbocycles. The second-order valence-electron chi connectivity index (χ2n) is 4.87. The Morgan fingerprint density at radius 2 is 1.85 bits per heavy atom. The highest BCUT2D eigenvalue weighted by Crippen LogP contribution is 2.33. The molecule has 1 aliphatic rings. The molecule has 20 heavy (non-hydrogen) atoms. The maximum Gasteiger partial charge on any atom is 0.335 e. The Bertz CT molecular complexity index is 682. The van der Waals surface area contributed by atoms with Gasteiger partial charge in [0.15, 0.2) is 0 Å². The summed E-state index contributed by atoms with van der Waals surface area (Å²) in [5.74, 6) is -0.901. The zero-order chi connectivity index (χ0) is 14.1. The van der Waals surface area contributed by atoms with Gasteiger partial charge in [-0.1, -0.05) is 33.8 Å². The van der Waals surface area contributed by atoms with E-state index in [1.54, 1.807) is 23.9 Å². The van der Waals surface area contributed by atoms with Crippen LogP contribution < -0.4 is 0 Å². The second-order valence-corrected chi connectivity index (χ2v) is 6.93. The lowest BCUT2D eigenvalue weighted by molar-refractivity contribution is 0.0696. The van der Waals surface area contributed by atoms with Crippen LogP contribution in [0.1, 0.15) is 27.9 Å². The maximum atomic E-state index is 11.1. The summed E-state index contributed by atoms with van der Waals surface area (Å²) in [6.07, 6.45) is 3.58. The molecule has 0 heterocycles. The smallest absolute Gasteiger partial charge is 0.335 e. The Morgan fingerprint density at radius 1 is 1.05 bits per heavy atom. The van der Waals surface area contributed by atoms with Crippen molar-refractivity contribution in [3.63, 3.8) is 0 Å². The number of carboxylic acid groups (broad SMARTS) is 1. The van der Waals surface area contributed by atoms with Crippen molar-refractivity contribution in [2.24, 2.45) is 0 Å². The molecule has 0 fully saturated rings. The van der Waals surface area contributed by atoms with E-state index in [0.29, 0.717) is 5.56 Å². The van der Waals surface area contributed by atoms with Gasteiger partial charge >= 0.3 is 5.97 Å². The molecule has 0 aliphatic heterocycles. The molecule has 2 aromatic rings. The summed E-state index contributed by atoms with van der Waals surface area (Å²) in [7, 11) is 0. The quantitative estimate of drug-likeness (QED) is 0.866. The number of rotatable bonds is 3. The van der Waals surface area contributed by atoms with E-state index in [-0.39, 0.29) is 0 Å². The summed E-state index contributed by atoms with van der Waals surface area (Å²) < 4.78 is 0.793. The minimum Gasteiger partial charge on any atom is -0.478 e. The number of halogens is 1. The zero-order valence-electron chi connectivity index (χ0n) is 10.7. The Balaban J connectivity index is 1.89. The van der Waals surface area contributed by atoms with Gasteiger partial charge in [0.1, 0.15) is 0 Å². The molecule has 0 amide bonds. The molecule has 0 bridgehead atoms. The molecule has 0 saturated heterocycles. The van der Waals surface area contributed by atoms with E-state index < -0.39 is 5.97 Å². The van der Waals surface area contributed by atoms with Crippen LogP contribution in [0.4, 0.5) is 0 Å². The van der Waals surface area contributed by atoms with Crippen molar-refractivity contribution in [1.82, 2.24) is 0 Å². The van der Waals surface area contributed by atoms with Crippen molar-refractivity contribution in [3.05, 3.63) is 57.6 Å². The summed E-state index contributed by atoms with van der Waals surface area (Å²) in [6.45, 7) is 0. The molecule has 3 rings (SSSR count). The zero-order valence-corrected chi connectivity index (χ0v) is 13.1. The largest absolute Gasteiger partial charge is 0.478 e. The fourth-order valence-corrected chi connectivity index (χ4v) is 4.12. The van der Waals surface area contributed by atoms with E-state index in [9.17, 15) is 4.79 Å². The van der Waals surface area contributed by atoms with Gasteiger partial charge in [-0.15, -0.1) is 0 Å². The number of carbonyl (C=O) groups is 1. The van der Waals surface area contributed by atoms with Gasteiger partial charge in [0.25, 0.3) is 0 Å². The number of carboxylic acids is 1. The van der Waals surface area contributed by atoms with Gasteiger partial charge in [-0.25, -0.2) is 4.79 Å². The standard InChI is InChI=1S/C16H13BrO2S/c17-13-6-12(16(18)19)8-15(9-13)20-14-5-4-10-2-1-3-11(10)7-14/h4-9H,1-3H2,(H,18,19). The number of hydrogen-bond donors (Lipinski definition) is 1. The number of hydrogen-bond acceptors (Lipinski definition) is 2. The Kier molecular flexibility index (Phi) is 3.85. The molecule has 0 saturated carbocycles. The van der Waals surface area contributed by atoms with Gasteiger partial charge in [-0.2, -0.15) is 0 Å². The normalized spacial score (nSPS) is 13.2. The summed E-state index contributed by atoms with van der Waals surface area (Å²) >= 11 is 4.97. The van der Waals surface area contributed by atoms with E-state index in [1.807, 2.05) is 6.07 Å². The van der Waals surface area contributed by atoms with E-state index in [2.05, 4.69) is 34.1 Å². The van der Waals surface area contributed by atoms with Gasteiger partial charge in [-0.05, 0) is 60.7 Å². The van der Waals surface area contributed by atoms with Crippen LogP contribution in [0.5, 0.6) is 0 Å². The summed E-state index contributed by atoms with van der Waals surface area (Å²) in [6, 6.07) is 11.8. The molecule has 0 atom stereocenters. The van der Waals surface area contributed by atoms with Gasteiger partial charge in [-0.3, -0.25) is 0 Å². The molecule has 1 N–H and O–H groups in total. The average Bonchev–Trinajstić information content (AvgIpc) is 2.85. The van der Waals surface area contributed by atoms with Gasteiger partial charge in [0.2, 0.25) is 0 Å². The highest BCUT2D eigenvalue weighted by Gasteiger charge is 2.12. The van der Waals surface area contributed by atoms with Crippen LogP contribution in [-0.4, -0.2) is 11.1 Å². The molecule has 0 spiro atoms. The van der Waals surface area contributed by atoms with Crippen LogP contribution >= 0.6 is 27.7 Å². The van der Waals surface area contributed by atoms with Crippen LogP contribution in [-0.2, 0) is 12.8 Å². The third-order valence-electron chi connectivity index (χ3n) is 3.42. The lowest BCUT2D eigenvalue weighted by atomic mass is 10.1. The minimum atomic E-state index is -0.901. The molecule has 0 aromatic heterocycles. The number of aromatic carboxylic acids is 1. The van der Waals surface area contributed by atoms with Gasteiger partial charge in [0, 0.05) is 14.3 Å². The maximum absolute atomic E-state index is 11.1.